The van der Waals surface area contributed by atoms with Crippen molar-refractivity contribution in [1.82, 2.24) is 9.88 Å². The Morgan fingerprint density at radius 3 is 2.82 bits per heavy atom. The van der Waals surface area contributed by atoms with Crippen molar-refractivity contribution in [3.63, 3.8) is 0 Å². The van der Waals surface area contributed by atoms with Crippen molar-refractivity contribution < 1.29 is 4.79 Å². The van der Waals surface area contributed by atoms with Gasteiger partial charge in [0, 0.05) is 17.8 Å². The Morgan fingerprint density at radius 2 is 2.09 bits per heavy atom. The van der Waals surface area contributed by atoms with Crippen LogP contribution in [0.2, 0.25) is 0 Å². The zero-order valence-corrected chi connectivity index (χ0v) is 12.8. The minimum Gasteiger partial charge on any atom is -0.370 e. The van der Waals surface area contributed by atoms with Crippen LogP contribution >= 0.6 is 11.3 Å². The highest BCUT2D eigenvalue weighted by Crippen LogP contribution is 2.30. The van der Waals surface area contributed by atoms with Crippen LogP contribution in [0.5, 0.6) is 0 Å². The summed E-state index contributed by atoms with van der Waals surface area (Å²) in [6, 6.07) is 9.78. The predicted octanol–water partition coefficient (Wildman–Crippen LogP) is 1.18. The van der Waals surface area contributed by atoms with Crippen LogP contribution in [0.25, 0.3) is 0 Å². The van der Waals surface area contributed by atoms with E-state index in [4.69, 9.17) is 11.5 Å². The summed E-state index contributed by atoms with van der Waals surface area (Å²) in [7, 11) is 0. The van der Waals surface area contributed by atoms with Gasteiger partial charge in [0.1, 0.15) is 0 Å². The van der Waals surface area contributed by atoms with Gasteiger partial charge in [-0.3, -0.25) is 4.79 Å². The molecule has 22 heavy (non-hydrogen) atoms. The molecule has 0 aliphatic carbocycles. The van der Waals surface area contributed by atoms with Gasteiger partial charge in [-0.25, -0.2) is 4.98 Å². The molecule has 0 saturated carbocycles. The lowest BCUT2D eigenvalue weighted by Gasteiger charge is -2.26. The number of nitrogens with zero attached hydrogens (tertiary/aromatic N) is 3. The molecule has 0 fully saturated rings. The van der Waals surface area contributed by atoms with Gasteiger partial charge in [0.05, 0.1) is 18.7 Å². The van der Waals surface area contributed by atoms with E-state index in [1.165, 1.54) is 11.3 Å². The molecule has 4 N–H and O–H groups in total. The maximum Gasteiger partial charge on any atom is 0.227 e. The van der Waals surface area contributed by atoms with Crippen LogP contribution in [0.15, 0.2) is 35.3 Å². The van der Waals surface area contributed by atoms with Crippen molar-refractivity contribution in [2.24, 2.45) is 16.5 Å². The molecule has 1 aromatic heterocycles. The molecule has 3 rings (SSSR count). The van der Waals surface area contributed by atoms with Gasteiger partial charge < -0.3 is 16.4 Å². The number of aliphatic imine (C=N–C) groups is 1. The summed E-state index contributed by atoms with van der Waals surface area (Å²) in [5, 5.41) is 0.558. The van der Waals surface area contributed by atoms with Gasteiger partial charge in [-0.15, -0.1) is 0 Å². The van der Waals surface area contributed by atoms with Crippen molar-refractivity contribution in [1.29, 1.82) is 0 Å². The predicted molar refractivity (Wildman–Crippen MR) is 86.9 cm³/mol. The molecule has 2 aromatic rings. The number of rotatable bonds is 3. The van der Waals surface area contributed by atoms with Gasteiger partial charge in [0.15, 0.2) is 5.96 Å². The summed E-state index contributed by atoms with van der Waals surface area (Å²) >= 11 is 1.44. The summed E-state index contributed by atoms with van der Waals surface area (Å²) in [4.78, 5) is 23.7. The first-order chi connectivity index (χ1) is 10.6. The van der Waals surface area contributed by atoms with E-state index < -0.39 is 0 Å². The Labute approximate surface area is 132 Å². The molecule has 0 bridgehead atoms. The van der Waals surface area contributed by atoms with Crippen LogP contribution in [0, 0.1) is 0 Å². The van der Waals surface area contributed by atoms with Crippen LogP contribution in [0.3, 0.4) is 0 Å². The average molecular weight is 315 g/mol. The average Bonchev–Trinajstić information content (AvgIpc) is 2.88. The van der Waals surface area contributed by atoms with Gasteiger partial charge in [-0.1, -0.05) is 41.7 Å². The molecule has 0 atom stereocenters. The number of hydrogen-bond acceptors (Lipinski definition) is 4. The number of amides is 1. The third-order valence-electron chi connectivity index (χ3n) is 3.50. The van der Waals surface area contributed by atoms with Gasteiger partial charge in [0.25, 0.3) is 0 Å². The molecule has 114 valence electrons. The van der Waals surface area contributed by atoms with Crippen LogP contribution < -0.4 is 11.5 Å². The Hall–Kier alpha value is -2.41. The molecular formula is C15H17N5OS. The summed E-state index contributed by atoms with van der Waals surface area (Å²) in [5.41, 5.74) is 12.8. The summed E-state index contributed by atoms with van der Waals surface area (Å²) in [6.07, 6.45) is 1.17. The molecular weight excluding hydrogens is 298 g/mol. The van der Waals surface area contributed by atoms with Crippen molar-refractivity contribution in [3.05, 3.63) is 46.5 Å². The van der Waals surface area contributed by atoms with E-state index in [1.807, 2.05) is 35.2 Å². The Bertz CT molecular complexity index is 706. The third kappa shape index (κ3) is 3.25. The molecule has 2 heterocycles. The molecule has 1 aromatic carbocycles. The highest BCUT2D eigenvalue weighted by atomic mass is 32.1. The second kappa shape index (κ2) is 6.15. The largest absolute Gasteiger partial charge is 0.370 e. The van der Waals surface area contributed by atoms with Crippen molar-refractivity contribution in [2.75, 3.05) is 6.54 Å². The molecule has 0 radical (unpaired) electrons. The number of aromatic nitrogens is 1. The zero-order chi connectivity index (χ0) is 15.5. The van der Waals surface area contributed by atoms with Crippen LogP contribution in [0.1, 0.15) is 16.1 Å². The number of guanidine groups is 1. The topological polar surface area (TPSA) is 97.6 Å². The van der Waals surface area contributed by atoms with Crippen molar-refractivity contribution in [3.8, 4) is 0 Å². The maximum atomic E-state index is 12.4. The summed E-state index contributed by atoms with van der Waals surface area (Å²) in [5.74, 6) is 0.136. The molecule has 1 amide bonds. The van der Waals surface area contributed by atoms with E-state index in [9.17, 15) is 4.79 Å². The SMILES string of the molecule is NC(N)=Nc1nc2c(s1)CN(C(=O)Cc1ccccc1)CC2. The first kappa shape index (κ1) is 14.5. The fourth-order valence-corrected chi connectivity index (χ4v) is 3.45. The molecule has 1 aliphatic heterocycles. The lowest BCUT2D eigenvalue weighted by molar-refractivity contribution is -0.131. The Kier molecular flexibility index (Phi) is 4.06. The fraction of sp³-hybridized carbons (Fsp3) is 0.267. The Balaban J connectivity index is 1.70. The minimum absolute atomic E-state index is 0.00288. The second-order valence-electron chi connectivity index (χ2n) is 5.13. The van der Waals surface area contributed by atoms with Crippen molar-refractivity contribution in [2.45, 2.75) is 19.4 Å². The fourth-order valence-electron chi connectivity index (χ4n) is 2.44. The maximum absolute atomic E-state index is 12.4. The van der Waals surface area contributed by atoms with Gasteiger partial charge >= 0.3 is 0 Å². The number of carbonyl (C=O) groups is 1. The number of carbonyl (C=O) groups excluding carboxylic acids is 1. The number of nitrogens with two attached hydrogens (primary N) is 2. The third-order valence-corrected chi connectivity index (χ3v) is 4.47. The molecule has 6 nitrogen and oxygen atoms in total. The number of benzene rings is 1. The number of fused-ring (bicyclic) bond motifs is 1. The lowest BCUT2D eigenvalue weighted by atomic mass is 10.1. The van der Waals surface area contributed by atoms with E-state index in [0.717, 1.165) is 22.6 Å². The van der Waals surface area contributed by atoms with Gasteiger partial charge in [0.2, 0.25) is 11.0 Å². The van der Waals surface area contributed by atoms with E-state index in [0.29, 0.717) is 24.6 Å². The molecule has 0 unspecified atom stereocenters. The highest BCUT2D eigenvalue weighted by molar-refractivity contribution is 7.15. The van der Waals surface area contributed by atoms with Crippen LogP contribution in [-0.2, 0) is 24.2 Å². The number of thiazole rings is 1. The van der Waals surface area contributed by atoms with Gasteiger partial charge in [-0.05, 0) is 5.56 Å². The zero-order valence-electron chi connectivity index (χ0n) is 12.0. The molecule has 0 saturated heterocycles. The normalized spacial score (nSPS) is 13.5. The first-order valence-electron chi connectivity index (χ1n) is 7.02. The summed E-state index contributed by atoms with van der Waals surface area (Å²) in [6.45, 7) is 1.27. The van der Waals surface area contributed by atoms with Crippen LogP contribution in [-0.4, -0.2) is 28.3 Å². The molecule has 1 aliphatic rings. The lowest BCUT2D eigenvalue weighted by Crippen LogP contribution is -2.36. The smallest absolute Gasteiger partial charge is 0.227 e. The first-order valence-corrected chi connectivity index (χ1v) is 7.83. The van der Waals surface area contributed by atoms with Gasteiger partial charge in [-0.2, -0.15) is 4.99 Å². The highest BCUT2D eigenvalue weighted by Gasteiger charge is 2.24. The van der Waals surface area contributed by atoms with E-state index in [2.05, 4.69) is 9.98 Å². The van der Waals surface area contributed by atoms with E-state index in [-0.39, 0.29) is 11.9 Å². The standard InChI is InChI=1S/C15H17N5OS/c16-14(17)19-15-18-11-6-7-20(9-12(11)22-15)13(21)8-10-4-2-1-3-5-10/h1-5H,6-9H2,(H4,16,17,18,19). The van der Waals surface area contributed by atoms with Crippen LogP contribution in [0.4, 0.5) is 5.13 Å². The number of hydrogen-bond donors (Lipinski definition) is 2. The Morgan fingerprint density at radius 1 is 1.32 bits per heavy atom. The monoisotopic (exact) mass is 315 g/mol. The quantitative estimate of drug-likeness (QED) is 0.656. The van der Waals surface area contributed by atoms with E-state index >= 15 is 0 Å². The molecule has 0 spiro atoms. The van der Waals surface area contributed by atoms with Crippen molar-refractivity contribution >= 4 is 28.3 Å². The summed E-state index contributed by atoms with van der Waals surface area (Å²) < 4.78 is 0. The minimum atomic E-state index is 0.00288. The second-order valence-corrected chi connectivity index (χ2v) is 6.19. The molecule has 7 heteroatoms. The van der Waals surface area contributed by atoms with E-state index in [1.54, 1.807) is 0 Å².